The van der Waals surface area contributed by atoms with Crippen LogP contribution in [-0.2, 0) is 9.59 Å². The number of hydrogen-bond acceptors (Lipinski definition) is 5. The average Bonchev–Trinajstić information content (AvgIpc) is 2.67. The van der Waals surface area contributed by atoms with Crippen molar-refractivity contribution < 1.29 is 14.8 Å². The zero-order valence-electron chi connectivity index (χ0n) is 14.3. The molecule has 1 aromatic rings. The standard InChI is InChI=1S/C19H24N3O3/c1-22-11-5-8-15(19(24)21-25)17(22)18(23)16-12-14(9-10-20-16)13-6-3-2-4-7-13/h2-7,9,15-17,20,25H,8,10-12H2,1H3,(H,21,24)/t15-,16?,17-/m0/s1. The van der Waals surface area contributed by atoms with E-state index in [0.717, 1.165) is 11.1 Å². The number of ketones is 1. The first-order valence-corrected chi connectivity index (χ1v) is 8.59. The van der Waals surface area contributed by atoms with E-state index >= 15 is 0 Å². The van der Waals surface area contributed by atoms with Gasteiger partial charge in [-0.15, -0.1) is 0 Å². The van der Waals surface area contributed by atoms with Crippen LogP contribution in [0.3, 0.4) is 0 Å². The van der Waals surface area contributed by atoms with E-state index in [1.165, 1.54) is 0 Å². The van der Waals surface area contributed by atoms with Crippen LogP contribution in [0.15, 0.2) is 36.4 Å². The molecule has 0 saturated carbocycles. The third kappa shape index (κ3) is 3.81. The molecule has 133 valence electrons. The molecule has 0 bridgehead atoms. The molecule has 3 atom stereocenters. The fraction of sp³-hybridized carbons (Fsp3) is 0.421. The van der Waals surface area contributed by atoms with Gasteiger partial charge in [0.25, 0.3) is 0 Å². The highest BCUT2D eigenvalue weighted by molar-refractivity contribution is 5.96. The van der Waals surface area contributed by atoms with Gasteiger partial charge in [-0.3, -0.25) is 19.7 Å². The number of carbonyl (C=O) groups excluding carboxylic acids is 2. The second kappa shape index (κ2) is 7.91. The summed E-state index contributed by atoms with van der Waals surface area (Å²) in [5, 5.41) is 12.3. The molecule has 0 aromatic heterocycles. The van der Waals surface area contributed by atoms with Crippen LogP contribution in [0.2, 0.25) is 0 Å². The number of piperidine rings is 1. The van der Waals surface area contributed by atoms with Crippen LogP contribution in [0.5, 0.6) is 0 Å². The third-order valence-corrected chi connectivity index (χ3v) is 5.06. The van der Waals surface area contributed by atoms with Crippen LogP contribution in [0.4, 0.5) is 0 Å². The van der Waals surface area contributed by atoms with E-state index in [1.807, 2.05) is 48.7 Å². The van der Waals surface area contributed by atoms with Crippen LogP contribution >= 0.6 is 0 Å². The maximum absolute atomic E-state index is 13.2. The van der Waals surface area contributed by atoms with Crippen LogP contribution in [0, 0.1) is 12.3 Å². The van der Waals surface area contributed by atoms with Gasteiger partial charge in [-0.25, -0.2) is 5.48 Å². The Morgan fingerprint density at radius 2 is 2.04 bits per heavy atom. The maximum Gasteiger partial charge on any atom is 0.248 e. The summed E-state index contributed by atoms with van der Waals surface area (Å²) >= 11 is 0. The Balaban J connectivity index is 1.77. The number of hydrogen-bond donors (Lipinski definition) is 3. The summed E-state index contributed by atoms with van der Waals surface area (Å²) in [5.74, 6) is -1.06. The van der Waals surface area contributed by atoms with Gasteiger partial charge in [-0.2, -0.15) is 0 Å². The number of rotatable bonds is 4. The summed E-state index contributed by atoms with van der Waals surface area (Å²) in [6, 6.07) is 9.16. The molecular weight excluding hydrogens is 318 g/mol. The Hall–Kier alpha value is -2.02. The van der Waals surface area contributed by atoms with E-state index in [0.29, 0.717) is 25.9 Å². The molecule has 25 heavy (non-hydrogen) atoms. The quantitative estimate of drug-likeness (QED) is 0.562. The van der Waals surface area contributed by atoms with Crippen molar-refractivity contribution in [3.05, 3.63) is 48.4 Å². The highest BCUT2D eigenvalue weighted by Gasteiger charge is 2.42. The lowest BCUT2D eigenvalue weighted by molar-refractivity contribution is -0.142. The number of carbonyl (C=O) groups is 2. The molecular formula is C19H24N3O3. The second-order valence-electron chi connectivity index (χ2n) is 6.65. The first kappa shape index (κ1) is 17.8. The van der Waals surface area contributed by atoms with Crippen molar-refractivity contribution in [2.24, 2.45) is 5.92 Å². The summed E-state index contributed by atoms with van der Waals surface area (Å²) in [5.41, 5.74) is 3.97. The van der Waals surface area contributed by atoms with Crippen LogP contribution in [0.1, 0.15) is 18.4 Å². The highest BCUT2D eigenvalue weighted by Crippen LogP contribution is 2.28. The first-order chi connectivity index (χ1) is 12.1. The van der Waals surface area contributed by atoms with Crippen LogP contribution < -0.4 is 10.8 Å². The van der Waals surface area contributed by atoms with Crippen molar-refractivity contribution in [1.29, 1.82) is 0 Å². The molecule has 2 heterocycles. The molecule has 3 N–H and O–H groups in total. The number of hydroxylamine groups is 1. The molecule has 1 aromatic carbocycles. The summed E-state index contributed by atoms with van der Waals surface area (Å²) in [6.45, 7) is 1.28. The fourth-order valence-electron chi connectivity index (χ4n) is 3.75. The number of Topliss-reactive ketones (excluding diaryl/α,β-unsaturated/α-hetero) is 1. The predicted molar refractivity (Wildman–Crippen MR) is 94.6 cm³/mol. The minimum Gasteiger partial charge on any atom is -0.304 e. The molecule has 1 saturated heterocycles. The Morgan fingerprint density at radius 1 is 1.28 bits per heavy atom. The molecule has 2 aliphatic rings. The lowest BCUT2D eigenvalue weighted by atomic mass is 9.81. The van der Waals surface area contributed by atoms with Gasteiger partial charge < -0.3 is 5.32 Å². The van der Waals surface area contributed by atoms with E-state index in [1.54, 1.807) is 5.48 Å². The van der Waals surface area contributed by atoms with Crippen molar-refractivity contribution in [1.82, 2.24) is 15.7 Å². The lowest BCUT2D eigenvalue weighted by Crippen LogP contribution is -2.58. The molecule has 6 nitrogen and oxygen atoms in total. The monoisotopic (exact) mass is 342 g/mol. The molecule has 2 aliphatic heterocycles. The summed E-state index contributed by atoms with van der Waals surface area (Å²) in [6.07, 6.45) is 5.16. The van der Waals surface area contributed by atoms with Crippen LogP contribution in [0.25, 0.3) is 5.57 Å². The van der Waals surface area contributed by atoms with Crippen molar-refractivity contribution in [3.63, 3.8) is 0 Å². The Kier molecular flexibility index (Phi) is 5.63. The maximum atomic E-state index is 13.2. The zero-order chi connectivity index (χ0) is 17.8. The smallest absolute Gasteiger partial charge is 0.248 e. The number of likely N-dealkylation sites (tertiary alicyclic amines) is 1. The van der Waals surface area contributed by atoms with Gasteiger partial charge in [0.1, 0.15) is 0 Å². The Morgan fingerprint density at radius 3 is 2.76 bits per heavy atom. The summed E-state index contributed by atoms with van der Waals surface area (Å²) in [4.78, 5) is 27.1. The third-order valence-electron chi connectivity index (χ3n) is 5.06. The van der Waals surface area contributed by atoms with E-state index in [2.05, 4.69) is 11.4 Å². The largest absolute Gasteiger partial charge is 0.304 e. The zero-order valence-corrected chi connectivity index (χ0v) is 14.3. The first-order valence-electron chi connectivity index (χ1n) is 8.59. The predicted octanol–water partition coefficient (Wildman–Crippen LogP) is 1.03. The number of nitrogens with one attached hydrogen (secondary N) is 2. The minimum atomic E-state index is -0.566. The van der Waals surface area contributed by atoms with Gasteiger partial charge in [0.15, 0.2) is 5.78 Å². The van der Waals surface area contributed by atoms with Gasteiger partial charge in [-0.1, -0.05) is 36.4 Å². The Labute approximate surface area is 147 Å². The molecule has 3 rings (SSSR count). The normalized spacial score (nSPS) is 27.4. The van der Waals surface area contributed by atoms with Gasteiger partial charge in [0.05, 0.1) is 18.0 Å². The van der Waals surface area contributed by atoms with E-state index in [-0.39, 0.29) is 11.8 Å². The van der Waals surface area contributed by atoms with Crippen molar-refractivity contribution in [3.8, 4) is 0 Å². The van der Waals surface area contributed by atoms with E-state index in [4.69, 9.17) is 5.21 Å². The second-order valence-corrected chi connectivity index (χ2v) is 6.65. The molecule has 1 unspecified atom stereocenters. The number of nitrogens with zero attached hydrogens (tertiary/aromatic N) is 1. The Bertz CT molecular complexity index is 659. The SMILES string of the molecule is CN1C[CH]C[C@H](C(=O)NO)[C@H]1C(=O)C1CC(c2ccccc2)=CCN1. The number of benzene rings is 1. The molecule has 0 spiro atoms. The summed E-state index contributed by atoms with van der Waals surface area (Å²) in [7, 11) is 1.84. The molecule has 1 radical (unpaired) electrons. The molecule has 0 aliphatic carbocycles. The van der Waals surface area contributed by atoms with Crippen molar-refractivity contribution in [2.75, 3.05) is 20.1 Å². The molecule has 6 heteroatoms. The molecule has 1 amide bonds. The number of likely N-dealkylation sites (N-methyl/N-ethyl adjacent to an activating group) is 1. The topological polar surface area (TPSA) is 81.7 Å². The van der Waals surface area contributed by atoms with Gasteiger partial charge in [0.2, 0.25) is 5.91 Å². The van der Waals surface area contributed by atoms with Crippen molar-refractivity contribution >= 4 is 17.3 Å². The number of amides is 1. The van der Waals surface area contributed by atoms with E-state index in [9.17, 15) is 9.59 Å². The van der Waals surface area contributed by atoms with Gasteiger partial charge in [0, 0.05) is 13.1 Å². The fourth-order valence-corrected chi connectivity index (χ4v) is 3.75. The highest BCUT2D eigenvalue weighted by atomic mass is 16.5. The molecule has 1 fully saturated rings. The van der Waals surface area contributed by atoms with Crippen molar-refractivity contribution in [2.45, 2.75) is 24.9 Å². The lowest BCUT2D eigenvalue weighted by Gasteiger charge is -2.39. The van der Waals surface area contributed by atoms with Gasteiger partial charge >= 0.3 is 0 Å². The average molecular weight is 342 g/mol. The van der Waals surface area contributed by atoms with Gasteiger partial charge in [-0.05, 0) is 37.4 Å². The minimum absolute atomic E-state index is 0.00531. The summed E-state index contributed by atoms with van der Waals surface area (Å²) < 4.78 is 0. The van der Waals surface area contributed by atoms with E-state index < -0.39 is 17.9 Å². The van der Waals surface area contributed by atoms with Crippen LogP contribution in [-0.4, -0.2) is 54.0 Å².